The minimum atomic E-state index is -0.583. The number of aromatic nitrogens is 2. The number of carbonyl (C=O) groups excluding carboxylic acids is 2. The summed E-state index contributed by atoms with van der Waals surface area (Å²) >= 11 is 0. The summed E-state index contributed by atoms with van der Waals surface area (Å²) in [7, 11) is 1.68. The molecule has 152 valence electrons. The molecule has 1 amide bonds. The van der Waals surface area contributed by atoms with E-state index in [-0.39, 0.29) is 28.7 Å². The number of nitro groups is 1. The van der Waals surface area contributed by atoms with Crippen LogP contribution in [-0.4, -0.2) is 38.8 Å². The van der Waals surface area contributed by atoms with Gasteiger partial charge in [0, 0.05) is 43.3 Å². The van der Waals surface area contributed by atoms with Crippen molar-refractivity contribution in [3.63, 3.8) is 0 Å². The van der Waals surface area contributed by atoms with Crippen LogP contribution in [0.5, 0.6) is 0 Å². The number of amides is 1. The highest BCUT2D eigenvalue weighted by molar-refractivity contribution is 6.07. The second-order valence-electron chi connectivity index (χ2n) is 6.99. The number of ketones is 1. The predicted octanol–water partition coefficient (Wildman–Crippen LogP) is 2.78. The first-order valence-electron chi connectivity index (χ1n) is 9.39. The van der Waals surface area contributed by atoms with Gasteiger partial charge < -0.3 is 14.8 Å². The van der Waals surface area contributed by atoms with Crippen LogP contribution in [-0.2, 0) is 11.8 Å². The lowest BCUT2D eigenvalue weighted by Crippen LogP contribution is -2.33. The van der Waals surface area contributed by atoms with Crippen LogP contribution in [0.4, 0.5) is 17.1 Å². The highest BCUT2D eigenvalue weighted by Crippen LogP contribution is 2.30. The van der Waals surface area contributed by atoms with Crippen LogP contribution in [0.2, 0.25) is 0 Å². The van der Waals surface area contributed by atoms with E-state index in [4.69, 9.17) is 0 Å². The third-order valence-corrected chi connectivity index (χ3v) is 5.08. The predicted molar refractivity (Wildman–Crippen MR) is 111 cm³/mol. The van der Waals surface area contributed by atoms with Crippen molar-refractivity contribution in [2.75, 3.05) is 16.8 Å². The molecule has 9 nitrogen and oxygen atoms in total. The molecule has 2 aromatic carbocycles. The van der Waals surface area contributed by atoms with Gasteiger partial charge in [0.05, 0.1) is 4.92 Å². The molecule has 1 aliphatic rings. The molecule has 1 aromatic heterocycles. The van der Waals surface area contributed by atoms with Gasteiger partial charge in [0.1, 0.15) is 11.7 Å². The lowest BCUT2D eigenvalue weighted by atomic mass is 10.1. The second kappa shape index (κ2) is 7.78. The molecule has 3 aromatic rings. The number of anilines is 2. The molecule has 1 saturated heterocycles. The molecule has 30 heavy (non-hydrogen) atoms. The molecule has 0 bridgehead atoms. The third kappa shape index (κ3) is 3.52. The number of rotatable bonds is 6. The van der Waals surface area contributed by atoms with Gasteiger partial charge in [-0.25, -0.2) is 4.98 Å². The van der Waals surface area contributed by atoms with E-state index in [1.165, 1.54) is 24.4 Å². The molecule has 0 spiro atoms. The van der Waals surface area contributed by atoms with Crippen molar-refractivity contribution >= 4 is 28.8 Å². The smallest absolute Gasteiger partial charge is 0.293 e. The van der Waals surface area contributed by atoms with E-state index in [0.717, 1.165) is 5.69 Å². The van der Waals surface area contributed by atoms with E-state index in [0.29, 0.717) is 13.0 Å². The molecule has 1 fully saturated rings. The van der Waals surface area contributed by atoms with Gasteiger partial charge in [-0.3, -0.25) is 19.7 Å². The Morgan fingerprint density at radius 3 is 2.67 bits per heavy atom. The number of benzene rings is 2. The highest BCUT2D eigenvalue weighted by atomic mass is 16.6. The zero-order valence-electron chi connectivity index (χ0n) is 16.2. The largest absolute Gasteiger partial charge is 0.368 e. The number of imidazole rings is 1. The fraction of sp³-hybridized carbons (Fsp3) is 0.190. The zero-order chi connectivity index (χ0) is 21.3. The Hall–Kier alpha value is -4.01. The molecule has 0 radical (unpaired) electrons. The van der Waals surface area contributed by atoms with Gasteiger partial charge >= 0.3 is 0 Å². The van der Waals surface area contributed by atoms with Crippen molar-refractivity contribution in [1.82, 2.24) is 9.55 Å². The number of para-hydroxylation sites is 1. The third-order valence-electron chi connectivity index (χ3n) is 5.08. The van der Waals surface area contributed by atoms with Gasteiger partial charge in [0.25, 0.3) is 5.69 Å². The molecular formula is C21H19N5O4. The lowest BCUT2D eigenvalue weighted by molar-refractivity contribution is -0.384. The van der Waals surface area contributed by atoms with E-state index in [2.05, 4.69) is 10.3 Å². The maximum atomic E-state index is 12.8. The SMILES string of the molecule is Cn1ccnc1C(=O)c1ccc(NC2CCN(c3ccccc3)C2=O)c([N+](=O)[O-])c1. The van der Waals surface area contributed by atoms with Gasteiger partial charge in [0.15, 0.2) is 5.82 Å². The number of nitro benzene ring substituents is 1. The Morgan fingerprint density at radius 2 is 2.00 bits per heavy atom. The molecular weight excluding hydrogens is 386 g/mol. The Labute approximate surface area is 172 Å². The second-order valence-corrected chi connectivity index (χ2v) is 6.99. The normalized spacial score (nSPS) is 16.0. The maximum Gasteiger partial charge on any atom is 0.293 e. The van der Waals surface area contributed by atoms with Crippen molar-refractivity contribution in [2.45, 2.75) is 12.5 Å². The first-order valence-corrected chi connectivity index (χ1v) is 9.39. The summed E-state index contributed by atoms with van der Waals surface area (Å²) in [6.45, 7) is 0.518. The van der Waals surface area contributed by atoms with E-state index in [9.17, 15) is 19.7 Å². The summed E-state index contributed by atoms with van der Waals surface area (Å²) in [5, 5.41) is 14.6. The summed E-state index contributed by atoms with van der Waals surface area (Å²) in [5.41, 5.74) is 0.883. The van der Waals surface area contributed by atoms with Gasteiger partial charge in [-0.05, 0) is 30.7 Å². The van der Waals surface area contributed by atoms with Gasteiger partial charge in [-0.1, -0.05) is 18.2 Å². The number of nitrogens with zero attached hydrogens (tertiary/aromatic N) is 4. The fourth-order valence-electron chi connectivity index (χ4n) is 3.53. The van der Waals surface area contributed by atoms with Crippen molar-refractivity contribution in [1.29, 1.82) is 0 Å². The molecule has 1 aliphatic heterocycles. The van der Waals surface area contributed by atoms with Crippen LogP contribution in [0, 0.1) is 10.1 Å². The number of hydrogen-bond donors (Lipinski definition) is 1. The first kappa shape index (κ1) is 19.3. The average Bonchev–Trinajstić information content (AvgIpc) is 3.34. The van der Waals surface area contributed by atoms with Crippen molar-refractivity contribution in [3.8, 4) is 0 Å². The number of carbonyl (C=O) groups is 2. The van der Waals surface area contributed by atoms with E-state index in [1.807, 2.05) is 30.3 Å². The first-order chi connectivity index (χ1) is 14.5. The summed E-state index contributed by atoms with van der Waals surface area (Å²) < 4.78 is 1.55. The Bertz CT molecular complexity index is 1130. The molecule has 2 heterocycles. The van der Waals surface area contributed by atoms with E-state index in [1.54, 1.807) is 22.7 Å². The standard InChI is InChI=1S/C21H19N5O4/c1-24-12-10-22-20(24)19(27)14-7-8-16(18(13-14)26(29)30)23-17-9-11-25(21(17)28)15-5-3-2-4-6-15/h2-8,10,12-13,17,23H,9,11H2,1H3. The average molecular weight is 405 g/mol. The van der Waals surface area contributed by atoms with Crippen molar-refractivity contribution in [3.05, 3.63) is 82.4 Å². The van der Waals surface area contributed by atoms with Crippen LogP contribution in [0.25, 0.3) is 0 Å². The monoisotopic (exact) mass is 405 g/mol. The van der Waals surface area contributed by atoms with Crippen LogP contribution in [0.1, 0.15) is 22.6 Å². The molecule has 1 unspecified atom stereocenters. The summed E-state index contributed by atoms with van der Waals surface area (Å²) in [6.07, 6.45) is 3.63. The molecule has 1 N–H and O–H groups in total. The van der Waals surface area contributed by atoms with Crippen molar-refractivity contribution in [2.24, 2.45) is 7.05 Å². The Morgan fingerprint density at radius 1 is 1.23 bits per heavy atom. The zero-order valence-corrected chi connectivity index (χ0v) is 16.2. The van der Waals surface area contributed by atoms with Crippen molar-refractivity contribution < 1.29 is 14.5 Å². The summed E-state index contributed by atoms with van der Waals surface area (Å²) in [4.78, 5) is 42.1. The number of aryl methyl sites for hydroxylation is 1. The van der Waals surface area contributed by atoms with Crippen LogP contribution < -0.4 is 10.2 Å². The molecule has 9 heteroatoms. The van der Waals surface area contributed by atoms with Gasteiger partial charge in [-0.2, -0.15) is 0 Å². The number of hydrogen-bond acceptors (Lipinski definition) is 6. The number of nitrogens with one attached hydrogen (secondary N) is 1. The van der Waals surface area contributed by atoms with Gasteiger partial charge in [-0.15, -0.1) is 0 Å². The minimum absolute atomic E-state index is 0.149. The molecule has 0 aliphatic carbocycles. The Balaban J connectivity index is 1.57. The van der Waals surface area contributed by atoms with Crippen LogP contribution in [0.15, 0.2) is 60.9 Å². The van der Waals surface area contributed by atoms with Gasteiger partial charge in [0.2, 0.25) is 11.7 Å². The minimum Gasteiger partial charge on any atom is -0.368 e. The Kier molecular flexibility index (Phi) is 5.01. The summed E-state index contributed by atoms with van der Waals surface area (Å²) in [5.74, 6) is -0.373. The molecule has 1 atom stereocenters. The topological polar surface area (TPSA) is 110 Å². The lowest BCUT2D eigenvalue weighted by Gasteiger charge is -2.17. The maximum absolute atomic E-state index is 12.8. The molecule has 4 rings (SSSR count). The van der Waals surface area contributed by atoms with E-state index < -0.39 is 16.7 Å². The van der Waals surface area contributed by atoms with Crippen LogP contribution in [0.3, 0.4) is 0 Å². The van der Waals surface area contributed by atoms with Crippen LogP contribution >= 0.6 is 0 Å². The molecule has 0 saturated carbocycles. The highest BCUT2D eigenvalue weighted by Gasteiger charge is 2.34. The fourth-order valence-corrected chi connectivity index (χ4v) is 3.53. The quantitative estimate of drug-likeness (QED) is 0.384. The van der Waals surface area contributed by atoms with E-state index >= 15 is 0 Å². The summed E-state index contributed by atoms with van der Waals surface area (Å²) in [6, 6.07) is 12.9.